The number of hydrogen-bond acceptors (Lipinski definition) is 3. The highest BCUT2D eigenvalue weighted by atomic mass is 16.6. The molecule has 2 unspecified atom stereocenters. The molecule has 1 aliphatic carbocycles. The molecule has 0 radical (unpaired) electrons. The van der Waals surface area contributed by atoms with E-state index < -0.39 is 5.60 Å². The van der Waals surface area contributed by atoms with Crippen molar-refractivity contribution in [1.29, 1.82) is 0 Å². The van der Waals surface area contributed by atoms with Crippen LogP contribution in [0.1, 0.15) is 40.0 Å². The predicted molar refractivity (Wildman–Crippen MR) is 60.1 cm³/mol. The molecule has 2 atom stereocenters. The summed E-state index contributed by atoms with van der Waals surface area (Å²) in [4.78, 5) is 13.7. The Balaban J connectivity index is 2.01. The molecule has 92 valence electrons. The minimum absolute atomic E-state index is 0.0401. The Labute approximate surface area is 96.6 Å². The van der Waals surface area contributed by atoms with Crippen molar-refractivity contribution in [3.8, 4) is 0 Å². The van der Waals surface area contributed by atoms with E-state index in [1.165, 1.54) is 0 Å². The van der Waals surface area contributed by atoms with Gasteiger partial charge in [-0.15, -0.1) is 0 Å². The van der Waals surface area contributed by atoms with Gasteiger partial charge in [0.05, 0.1) is 6.61 Å². The summed E-state index contributed by atoms with van der Waals surface area (Å²) in [6.45, 7) is 6.47. The first-order valence-corrected chi connectivity index (χ1v) is 5.96. The number of carbonyl (C=O) groups is 1. The number of ether oxygens (including phenoxy) is 1. The molecular formula is C12H21NO3. The first kappa shape index (κ1) is 11.7. The molecule has 0 aromatic heterocycles. The largest absolute Gasteiger partial charge is 0.444 e. The van der Waals surface area contributed by atoms with Gasteiger partial charge in [0.15, 0.2) is 0 Å². The van der Waals surface area contributed by atoms with Crippen molar-refractivity contribution in [1.82, 2.24) is 4.90 Å². The maximum atomic E-state index is 11.9. The van der Waals surface area contributed by atoms with Crippen molar-refractivity contribution in [2.24, 2.45) is 5.41 Å². The summed E-state index contributed by atoms with van der Waals surface area (Å²) in [5.74, 6) is 0. The van der Waals surface area contributed by atoms with Crippen molar-refractivity contribution in [2.75, 3.05) is 13.2 Å². The molecule has 1 saturated carbocycles. The SMILES string of the molecule is CC(C)(C)OC(=O)N1CC2(CO)CCC1C2. The van der Waals surface area contributed by atoms with Crippen molar-refractivity contribution >= 4 is 6.09 Å². The Kier molecular flexibility index (Phi) is 2.65. The highest BCUT2D eigenvalue weighted by Crippen LogP contribution is 2.47. The maximum absolute atomic E-state index is 11.9. The van der Waals surface area contributed by atoms with Crippen LogP contribution < -0.4 is 0 Å². The molecule has 1 N–H and O–H groups in total. The molecule has 1 amide bonds. The van der Waals surface area contributed by atoms with E-state index in [0.717, 1.165) is 19.3 Å². The van der Waals surface area contributed by atoms with Gasteiger partial charge in [-0.3, -0.25) is 0 Å². The number of aliphatic hydroxyl groups is 1. The number of hydrogen-bond donors (Lipinski definition) is 1. The van der Waals surface area contributed by atoms with E-state index in [-0.39, 0.29) is 24.2 Å². The molecule has 1 saturated heterocycles. The summed E-state index contributed by atoms with van der Waals surface area (Å²) in [6, 6.07) is 0.280. The summed E-state index contributed by atoms with van der Waals surface area (Å²) in [7, 11) is 0. The minimum atomic E-state index is -0.439. The van der Waals surface area contributed by atoms with Crippen LogP contribution in [0.2, 0.25) is 0 Å². The van der Waals surface area contributed by atoms with E-state index in [2.05, 4.69) is 0 Å². The van der Waals surface area contributed by atoms with Crippen LogP contribution >= 0.6 is 0 Å². The lowest BCUT2D eigenvalue weighted by Gasteiger charge is -2.33. The number of rotatable bonds is 1. The van der Waals surface area contributed by atoms with Crippen LogP contribution in [0.25, 0.3) is 0 Å². The van der Waals surface area contributed by atoms with Crippen molar-refractivity contribution in [3.63, 3.8) is 0 Å². The lowest BCUT2D eigenvalue weighted by Crippen LogP contribution is -2.43. The van der Waals surface area contributed by atoms with E-state index in [0.29, 0.717) is 6.54 Å². The second kappa shape index (κ2) is 3.62. The topological polar surface area (TPSA) is 49.8 Å². The monoisotopic (exact) mass is 227 g/mol. The van der Waals surface area contributed by atoms with E-state index in [1.54, 1.807) is 4.90 Å². The summed E-state index contributed by atoms with van der Waals surface area (Å²) in [5.41, 5.74) is -0.479. The Morgan fingerprint density at radius 2 is 2.25 bits per heavy atom. The highest BCUT2D eigenvalue weighted by molar-refractivity contribution is 5.69. The summed E-state index contributed by atoms with van der Waals surface area (Å²) in [5, 5.41) is 9.40. The van der Waals surface area contributed by atoms with Crippen molar-refractivity contribution in [2.45, 2.75) is 51.7 Å². The van der Waals surface area contributed by atoms with Gasteiger partial charge in [-0.1, -0.05) is 0 Å². The second-order valence-electron chi connectivity index (χ2n) is 6.16. The van der Waals surface area contributed by atoms with Crippen LogP contribution in [0.3, 0.4) is 0 Å². The molecule has 0 spiro atoms. The molecule has 16 heavy (non-hydrogen) atoms. The van der Waals surface area contributed by atoms with Crippen molar-refractivity contribution < 1.29 is 14.6 Å². The third-order valence-corrected chi connectivity index (χ3v) is 3.59. The molecule has 1 heterocycles. The van der Waals surface area contributed by atoms with Gasteiger partial charge >= 0.3 is 6.09 Å². The fourth-order valence-electron chi connectivity index (χ4n) is 2.80. The Bertz CT molecular complexity index is 297. The smallest absolute Gasteiger partial charge is 0.410 e. The average molecular weight is 227 g/mol. The number of likely N-dealkylation sites (tertiary alicyclic amines) is 1. The average Bonchev–Trinajstić information content (AvgIpc) is 2.72. The van der Waals surface area contributed by atoms with Crippen LogP contribution in [0.4, 0.5) is 4.79 Å². The van der Waals surface area contributed by atoms with E-state index in [4.69, 9.17) is 4.74 Å². The molecule has 2 aliphatic rings. The minimum Gasteiger partial charge on any atom is -0.444 e. The summed E-state index contributed by atoms with van der Waals surface area (Å²) < 4.78 is 5.37. The number of piperidine rings is 1. The van der Waals surface area contributed by atoms with Gasteiger partial charge in [0, 0.05) is 18.0 Å². The van der Waals surface area contributed by atoms with Crippen LogP contribution in [0.15, 0.2) is 0 Å². The lowest BCUT2D eigenvalue weighted by molar-refractivity contribution is 0.0127. The van der Waals surface area contributed by atoms with Gasteiger partial charge in [0.1, 0.15) is 5.60 Å². The fraction of sp³-hybridized carbons (Fsp3) is 0.917. The van der Waals surface area contributed by atoms with Gasteiger partial charge in [-0.2, -0.15) is 0 Å². The molecule has 0 aromatic rings. The zero-order valence-corrected chi connectivity index (χ0v) is 10.3. The second-order valence-corrected chi connectivity index (χ2v) is 6.16. The number of amides is 1. The van der Waals surface area contributed by atoms with Crippen LogP contribution in [0.5, 0.6) is 0 Å². The fourth-order valence-corrected chi connectivity index (χ4v) is 2.80. The predicted octanol–water partition coefficient (Wildman–Crippen LogP) is 1.77. The number of aliphatic hydroxyl groups excluding tert-OH is 1. The Morgan fingerprint density at radius 1 is 1.56 bits per heavy atom. The highest BCUT2D eigenvalue weighted by Gasteiger charge is 2.51. The molecule has 4 heteroatoms. The maximum Gasteiger partial charge on any atom is 0.410 e. The lowest BCUT2D eigenvalue weighted by atomic mass is 9.89. The molecule has 2 rings (SSSR count). The van der Waals surface area contributed by atoms with Crippen LogP contribution in [-0.4, -0.2) is 40.9 Å². The molecule has 2 fully saturated rings. The van der Waals surface area contributed by atoms with Gasteiger partial charge in [0.2, 0.25) is 0 Å². The number of nitrogens with zero attached hydrogens (tertiary/aromatic N) is 1. The number of carbonyl (C=O) groups excluding carboxylic acids is 1. The third-order valence-electron chi connectivity index (χ3n) is 3.59. The summed E-state index contributed by atoms with van der Waals surface area (Å²) >= 11 is 0. The molecule has 4 nitrogen and oxygen atoms in total. The quantitative estimate of drug-likeness (QED) is 0.742. The normalized spacial score (nSPS) is 33.2. The zero-order valence-electron chi connectivity index (χ0n) is 10.3. The molecule has 0 aromatic carbocycles. The summed E-state index contributed by atoms with van der Waals surface area (Å²) in [6.07, 6.45) is 2.74. The van der Waals surface area contributed by atoms with Gasteiger partial charge in [0.25, 0.3) is 0 Å². The Hall–Kier alpha value is -0.770. The third kappa shape index (κ3) is 2.03. The van der Waals surface area contributed by atoms with Gasteiger partial charge < -0.3 is 14.7 Å². The van der Waals surface area contributed by atoms with Crippen LogP contribution in [0, 0.1) is 5.41 Å². The standard InChI is InChI=1S/C12H21NO3/c1-11(2,3)16-10(15)13-7-12(8-14)5-4-9(13)6-12/h9,14H,4-8H2,1-3H3. The van der Waals surface area contributed by atoms with E-state index in [9.17, 15) is 9.90 Å². The molecule has 1 aliphatic heterocycles. The van der Waals surface area contributed by atoms with Crippen LogP contribution in [-0.2, 0) is 4.74 Å². The first-order valence-electron chi connectivity index (χ1n) is 5.96. The van der Waals surface area contributed by atoms with Crippen molar-refractivity contribution in [3.05, 3.63) is 0 Å². The first-order chi connectivity index (χ1) is 7.35. The van der Waals surface area contributed by atoms with E-state index >= 15 is 0 Å². The molecule has 2 bridgehead atoms. The number of fused-ring (bicyclic) bond motifs is 2. The van der Waals surface area contributed by atoms with E-state index in [1.807, 2.05) is 20.8 Å². The Morgan fingerprint density at radius 3 is 2.75 bits per heavy atom. The molecular weight excluding hydrogens is 206 g/mol. The zero-order chi connectivity index (χ0) is 12.0. The van der Waals surface area contributed by atoms with Gasteiger partial charge in [-0.25, -0.2) is 4.79 Å². The van der Waals surface area contributed by atoms with Gasteiger partial charge in [-0.05, 0) is 40.0 Å².